The fraction of sp³-hybridized carbons (Fsp3) is 0.556. The highest BCUT2D eigenvalue weighted by Gasteiger charge is 2.13. The maximum atomic E-state index is 11.2. The van der Waals surface area contributed by atoms with E-state index in [2.05, 4.69) is 11.9 Å². The average molecular weight is 426 g/mol. The van der Waals surface area contributed by atoms with Gasteiger partial charge in [-0.2, -0.15) is 0 Å². The first-order valence-corrected chi connectivity index (χ1v) is 12.1. The van der Waals surface area contributed by atoms with Crippen molar-refractivity contribution in [3.05, 3.63) is 48.2 Å². The molecule has 2 aromatic rings. The highest BCUT2D eigenvalue weighted by Crippen LogP contribution is 2.30. The number of aromatic nitrogens is 1. The molecule has 0 aliphatic carbocycles. The molecule has 0 amide bonds. The lowest BCUT2D eigenvalue weighted by Crippen LogP contribution is -2.04. The monoisotopic (exact) mass is 425 g/mol. The Balaban J connectivity index is 1.68. The van der Waals surface area contributed by atoms with Gasteiger partial charge in [-0.15, -0.1) is 0 Å². The second-order valence-electron chi connectivity index (χ2n) is 8.32. The predicted molar refractivity (Wildman–Crippen MR) is 128 cm³/mol. The molecule has 0 fully saturated rings. The summed E-state index contributed by atoms with van der Waals surface area (Å²) in [5, 5.41) is 9.19. The number of ether oxygens (including phenoxy) is 1. The second-order valence-corrected chi connectivity index (χ2v) is 8.32. The Labute approximate surface area is 188 Å². The van der Waals surface area contributed by atoms with Crippen molar-refractivity contribution in [2.45, 2.75) is 90.4 Å². The van der Waals surface area contributed by atoms with E-state index in [1.165, 1.54) is 70.6 Å². The molecular formula is C27H39NO3. The van der Waals surface area contributed by atoms with Crippen LogP contribution in [0.25, 0.3) is 11.3 Å². The van der Waals surface area contributed by atoms with Crippen LogP contribution >= 0.6 is 0 Å². The van der Waals surface area contributed by atoms with Crippen molar-refractivity contribution in [1.29, 1.82) is 0 Å². The third-order valence-corrected chi connectivity index (χ3v) is 5.64. The van der Waals surface area contributed by atoms with Crippen LogP contribution in [0, 0.1) is 0 Å². The molecule has 1 N–H and O–H groups in total. The van der Waals surface area contributed by atoms with Crippen LogP contribution in [0.5, 0.6) is 5.75 Å². The molecule has 4 nitrogen and oxygen atoms in total. The molecule has 0 aliphatic heterocycles. The molecular weight excluding hydrogens is 386 g/mol. The first-order valence-electron chi connectivity index (χ1n) is 12.1. The van der Waals surface area contributed by atoms with Crippen LogP contribution in [0.15, 0.2) is 42.6 Å². The van der Waals surface area contributed by atoms with Crippen LogP contribution in [0.1, 0.15) is 89.5 Å². The number of nitrogens with zero attached hydrogens (tertiary/aromatic N) is 1. The van der Waals surface area contributed by atoms with E-state index in [0.717, 1.165) is 29.0 Å². The minimum atomic E-state index is -0.845. The molecule has 0 spiro atoms. The van der Waals surface area contributed by atoms with E-state index in [9.17, 15) is 9.90 Å². The van der Waals surface area contributed by atoms with Crippen LogP contribution in [-0.4, -0.2) is 22.7 Å². The summed E-state index contributed by atoms with van der Waals surface area (Å²) in [6.07, 6.45) is 17.5. The average Bonchev–Trinajstić information content (AvgIpc) is 2.77. The quantitative estimate of drug-likeness (QED) is 0.267. The molecule has 0 bridgehead atoms. The van der Waals surface area contributed by atoms with E-state index < -0.39 is 5.97 Å². The van der Waals surface area contributed by atoms with Crippen molar-refractivity contribution < 1.29 is 14.6 Å². The van der Waals surface area contributed by atoms with Crippen molar-refractivity contribution in [3.63, 3.8) is 0 Å². The van der Waals surface area contributed by atoms with Gasteiger partial charge in [0.15, 0.2) is 0 Å². The fourth-order valence-electron chi connectivity index (χ4n) is 3.90. The molecule has 0 saturated carbocycles. The van der Waals surface area contributed by atoms with Crippen LogP contribution in [0.3, 0.4) is 0 Å². The number of carbonyl (C=O) groups is 1. The maximum absolute atomic E-state index is 11.2. The third kappa shape index (κ3) is 9.99. The Morgan fingerprint density at radius 3 is 2.10 bits per heavy atom. The van der Waals surface area contributed by atoms with Crippen molar-refractivity contribution in [1.82, 2.24) is 4.98 Å². The van der Waals surface area contributed by atoms with E-state index in [1.807, 2.05) is 36.4 Å². The summed E-state index contributed by atoms with van der Waals surface area (Å²) in [4.78, 5) is 15.7. The zero-order valence-corrected chi connectivity index (χ0v) is 19.2. The summed E-state index contributed by atoms with van der Waals surface area (Å²) in [6.45, 7) is 2.93. The van der Waals surface area contributed by atoms with E-state index in [4.69, 9.17) is 4.74 Å². The standard InChI is InChI=1S/C27H39NO3/c1-2-3-4-5-6-7-8-9-10-11-12-15-21-31-25-19-16-20-28-27(25)24-18-14-13-17-23(24)22-26(29)30/h13-14,16-20H,2-12,15,21-22H2,1H3,(H,29,30). The summed E-state index contributed by atoms with van der Waals surface area (Å²) in [7, 11) is 0. The number of rotatable bonds is 17. The molecule has 0 radical (unpaired) electrons. The van der Waals surface area contributed by atoms with E-state index in [-0.39, 0.29) is 6.42 Å². The number of benzene rings is 1. The lowest BCUT2D eigenvalue weighted by Gasteiger charge is -2.13. The SMILES string of the molecule is CCCCCCCCCCCCCCOc1cccnc1-c1ccccc1CC(=O)O. The number of aliphatic carboxylic acids is 1. The Kier molecular flexibility index (Phi) is 12.4. The van der Waals surface area contributed by atoms with Crippen LogP contribution in [-0.2, 0) is 11.2 Å². The summed E-state index contributed by atoms with van der Waals surface area (Å²) in [5.74, 6) is -0.120. The van der Waals surface area contributed by atoms with Gasteiger partial charge < -0.3 is 9.84 Å². The van der Waals surface area contributed by atoms with Gasteiger partial charge in [0.05, 0.1) is 13.0 Å². The number of carboxylic acid groups (broad SMARTS) is 1. The van der Waals surface area contributed by atoms with E-state index in [0.29, 0.717) is 6.61 Å². The summed E-state index contributed by atoms with van der Waals surface area (Å²) in [5.41, 5.74) is 2.30. The molecule has 0 atom stereocenters. The maximum Gasteiger partial charge on any atom is 0.307 e. The largest absolute Gasteiger partial charge is 0.491 e. The van der Waals surface area contributed by atoms with Gasteiger partial charge in [0.2, 0.25) is 0 Å². The number of hydrogen-bond acceptors (Lipinski definition) is 3. The summed E-state index contributed by atoms with van der Waals surface area (Å²) >= 11 is 0. The fourth-order valence-corrected chi connectivity index (χ4v) is 3.90. The zero-order valence-electron chi connectivity index (χ0n) is 19.2. The van der Waals surface area contributed by atoms with Crippen molar-refractivity contribution in [2.75, 3.05) is 6.61 Å². The molecule has 1 aromatic heterocycles. The summed E-state index contributed by atoms with van der Waals surface area (Å²) < 4.78 is 6.03. The van der Waals surface area contributed by atoms with Crippen LogP contribution in [0.2, 0.25) is 0 Å². The smallest absolute Gasteiger partial charge is 0.307 e. The molecule has 2 rings (SSSR count). The van der Waals surface area contributed by atoms with Gasteiger partial charge in [0, 0.05) is 11.8 Å². The van der Waals surface area contributed by atoms with Crippen molar-refractivity contribution in [2.24, 2.45) is 0 Å². The van der Waals surface area contributed by atoms with Gasteiger partial charge in [-0.3, -0.25) is 9.78 Å². The Hall–Kier alpha value is -2.36. The van der Waals surface area contributed by atoms with Gasteiger partial charge in [-0.05, 0) is 24.1 Å². The Morgan fingerprint density at radius 2 is 1.45 bits per heavy atom. The Morgan fingerprint density at radius 1 is 0.839 bits per heavy atom. The molecule has 0 aliphatic rings. The lowest BCUT2D eigenvalue weighted by molar-refractivity contribution is -0.136. The topological polar surface area (TPSA) is 59.4 Å². The normalized spacial score (nSPS) is 10.9. The van der Waals surface area contributed by atoms with Gasteiger partial charge >= 0.3 is 5.97 Å². The van der Waals surface area contributed by atoms with Gasteiger partial charge in [0.1, 0.15) is 11.4 Å². The molecule has 1 aromatic carbocycles. The number of unbranched alkanes of at least 4 members (excludes halogenated alkanes) is 11. The molecule has 4 heteroatoms. The molecule has 1 heterocycles. The first kappa shape index (κ1) is 24.9. The second kappa shape index (κ2) is 15.4. The molecule has 31 heavy (non-hydrogen) atoms. The minimum Gasteiger partial charge on any atom is -0.491 e. The molecule has 170 valence electrons. The molecule has 0 unspecified atom stereocenters. The molecule has 0 saturated heterocycles. The number of carboxylic acids is 1. The highest BCUT2D eigenvalue weighted by atomic mass is 16.5. The highest BCUT2D eigenvalue weighted by molar-refractivity contribution is 5.77. The first-order chi connectivity index (χ1) is 15.2. The van der Waals surface area contributed by atoms with Crippen LogP contribution < -0.4 is 4.74 Å². The lowest BCUT2D eigenvalue weighted by atomic mass is 10.0. The van der Waals surface area contributed by atoms with Crippen LogP contribution in [0.4, 0.5) is 0 Å². The predicted octanol–water partition coefficient (Wildman–Crippen LogP) is 7.46. The van der Waals surface area contributed by atoms with Gasteiger partial charge in [-0.1, -0.05) is 102 Å². The minimum absolute atomic E-state index is 0.0229. The van der Waals surface area contributed by atoms with Crippen molar-refractivity contribution >= 4 is 5.97 Å². The van der Waals surface area contributed by atoms with E-state index in [1.54, 1.807) is 6.20 Å². The number of hydrogen-bond donors (Lipinski definition) is 1. The number of pyridine rings is 1. The van der Waals surface area contributed by atoms with E-state index >= 15 is 0 Å². The van der Waals surface area contributed by atoms with Gasteiger partial charge in [0.25, 0.3) is 0 Å². The summed E-state index contributed by atoms with van der Waals surface area (Å²) in [6, 6.07) is 11.3. The third-order valence-electron chi connectivity index (χ3n) is 5.64. The van der Waals surface area contributed by atoms with Gasteiger partial charge in [-0.25, -0.2) is 0 Å². The Bertz CT molecular complexity index is 760. The zero-order chi connectivity index (χ0) is 22.2. The van der Waals surface area contributed by atoms with Crippen molar-refractivity contribution in [3.8, 4) is 17.0 Å².